The van der Waals surface area contributed by atoms with Crippen LogP contribution in [0, 0.1) is 0 Å². The summed E-state index contributed by atoms with van der Waals surface area (Å²) in [6.45, 7) is 0.255. The van der Waals surface area contributed by atoms with Crippen LogP contribution in [0.5, 0.6) is 0 Å². The molecular weight excluding hydrogens is 354 g/mol. The van der Waals surface area contributed by atoms with E-state index in [0.717, 1.165) is 23.3 Å². The number of Topliss-reactive ketones (excluding diaryl/α,β-unsaturated/α-hetero) is 1. The monoisotopic (exact) mass is 373 g/mol. The molecule has 0 aliphatic carbocycles. The Morgan fingerprint density at radius 3 is 1.68 bits per heavy atom. The third-order valence-corrected chi connectivity index (χ3v) is 4.27. The van der Waals surface area contributed by atoms with Crippen molar-refractivity contribution in [3.63, 3.8) is 0 Å². The summed E-state index contributed by atoms with van der Waals surface area (Å²) in [6.07, 6.45) is 5.35. The third kappa shape index (κ3) is 4.92. The molecule has 1 heterocycles. The van der Waals surface area contributed by atoms with Gasteiger partial charge in [-0.3, -0.25) is 9.59 Å². The number of carbonyl (C=O) groups excluding carboxylic acids is 2. The van der Waals surface area contributed by atoms with Gasteiger partial charge in [0.25, 0.3) is 0 Å². The highest BCUT2D eigenvalue weighted by atomic mass is 16.4. The second kappa shape index (κ2) is 8.77. The first kappa shape index (κ1) is 19.0. The number of piperidine rings is 1. The van der Waals surface area contributed by atoms with Gasteiger partial charge in [-0.15, -0.1) is 0 Å². The first-order valence-corrected chi connectivity index (χ1v) is 8.79. The van der Waals surface area contributed by atoms with Crippen molar-refractivity contribution in [1.82, 2.24) is 4.90 Å². The maximum atomic E-state index is 13.0. The van der Waals surface area contributed by atoms with Gasteiger partial charge in [-0.2, -0.15) is 0 Å². The van der Waals surface area contributed by atoms with E-state index in [9.17, 15) is 14.4 Å². The van der Waals surface area contributed by atoms with E-state index in [-0.39, 0.29) is 18.9 Å². The minimum Gasteiger partial charge on any atom is -0.478 e. The Bertz CT molecular complexity index is 911. The highest BCUT2D eigenvalue weighted by molar-refractivity contribution is 6.15. The molecule has 0 spiro atoms. The quantitative estimate of drug-likeness (QED) is 0.835. The molecule has 0 atom stereocenters. The van der Waals surface area contributed by atoms with Crippen molar-refractivity contribution in [1.29, 1.82) is 0 Å². The van der Waals surface area contributed by atoms with Gasteiger partial charge < -0.3 is 10.0 Å². The van der Waals surface area contributed by atoms with E-state index in [2.05, 4.69) is 0 Å². The zero-order valence-corrected chi connectivity index (χ0v) is 15.1. The molecule has 1 saturated heterocycles. The molecule has 1 aliphatic heterocycles. The van der Waals surface area contributed by atoms with Gasteiger partial charge in [-0.1, -0.05) is 60.7 Å². The van der Waals surface area contributed by atoms with E-state index in [0.29, 0.717) is 11.1 Å². The van der Waals surface area contributed by atoms with Crippen LogP contribution in [0.4, 0.5) is 0 Å². The van der Waals surface area contributed by atoms with Crippen LogP contribution in [0.1, 0.15) is 11.1 Å². The molecule has 5 nitrogen and oxygen atoms in total. The number of carbonyl (C=O) groups is 3. The summed E-state index contributed by atoms with van der Waals surface area (Å²) in [7, 11) is 0. The van der Waals surface area contributed by atoms with E-state index in [1.165, 1.54) is 4.90 Å². The average molecular weight is 373 g/mol. The SMILES string of the molecule is O=C(O)/C=C/C(=O)N1C/C(=C\c2ccccc2)C(=O)/C(=C/c2ccccc2)C1. The minimum absolute atomic E-state index is 0.112. The van der Waals surface area contributed by atoms with Gasteiger partial charge in [-0.05, 0) is 23.3 Å². The van der Waals surface area contributed by atoms with E-state index in [4.69, 9.17) is 5.11 Å². The molecule has 1 aliphatic rings. The van der Waals surface area contributed by atoms with Crippen LogP contribution in [-0.2, 0) is 14.4 Å². The Balaban J connectivity index is 1.96. The first-order valence-electron chi connectivity index (χ1n) is 8.79. The van der Waals surface area contributed by atoms with Crippen LogP contribution in [-0.4, -0.2) is 40.8 Å². The summed E-state index contributed by atoms with van der Waals surface area (Å²) in [5.41, 5.74) is 2.69. The molecule has 5 heteroatoms. The van der Waals surface area contributed by atoms with Crippen LogP contribution in [0.3, 0.4) is 0 Å². The number of amides is 1. The highest BCUT2D eigenvalue weighted by Gasteiger charge is 2.28. The molecule has 1 amide bonds. The number of aliphatic carboxylic acids is 1. The highest BCUT2D eigenvalue weighted by Crippen LogP contribution is 2.22. The number of carboxylic acids is 1. The molecule has 1 N–H and O–H groups in total. The zero-order valence-electron chi connectivity index (χ0n) is 15.1. The van der Waals surface area contributed by atoms with E-state index in [1.807, 2.05) is 60.7 Å². The van der Waals surface area contributed by atoms with Crippen LogP contribution in [0.25, 0.3) is 12.2 Å². The fraction of sp³-hybridized carbons (Fsp3) is 0.0870. The lowest BCUT2D eigenvalue weighted by molar-refractivity contribution is -0.132. The van der Waals surface area contributed by atoms with Crippen molar-refractivity contribution < 1.29 is 19.5 Å². The summed E-state index contributed by atoms with van der Waals surface area (Å²) in [5.74, 6) is -1.76. The Hall–Kier alpha value is -3.73. The second-order valence-electron chi connectivity index (χ2n) is 6.36. The van der Waals surface area contributed by atoms with Crippen LogP contribution < -0.4 is 0 Å². The van der Waals surface area contributed by atoms with Gasteiger partial charge in [0, 0.05) is 23.3 Å². The van der Waals surface area contributed by atoms with Crippen LogP contribution >= 0.6 is 0 Å². The number of benzene rings is 2. The lowest BCUT2D eigenvalue weighted by atomic mass is 9.94. The number of rotatable bonds is 4. The number of hydrogen-bond donors (Lipinski definition) is 1. The average Bonchev–Trinajstić information content (AvgIpc) is 2.70. The van der Waals surface area contributed by atoms with Gasteiger partial charge >= 0.3 is 5.97 Å². The van der Waals surface area contributed by atoms with Gasteiger partial charge in [0.15, 0.2) is 5.78 Å². The number of likely N-dealkylation sites (tertiary alicyclic amines) is 1. The van der Waals surface area contributed by atoms with Crippen molar-refractivity contribution in [2.24, 2.45) is 0 Å². The van der Waals surface area contributed by atoms with Crippen molar-refractivity contribution in [2.75, 3.05) is 13.1 Å². The molecule has 2 aromatic carbocycles. The molecule has 0 saturated carbocycles. The molecule has 28 heavy (non-hydrogen) atoms. The normalized spacial score (nSPS) is 17.4. The van der Waals surface area contributed by atoms with Crippen LogP contribution in [0.2, 0.25) is 0 Å². The largest absolute Gasteiger partial charge is 0.478 e. The smallest absolute Gasteiger partial charge is 0.328 e. The van der Waals surface area contributed by atoms with Gasteiger partial charge in [-0.25, -0.2) is 4.79 Å². The molecule has 0 unspecified atom stereocenters. The number of carboxylic acid groups (broad SMARTS) is 1. The van der Waals surface area contributed by atoms with Crippen LogP contribution in [0.15, 0.2) is 84.0 Å². The van der Waals surface area contributed by atoms with Crippen molar-refractivity contribution in [3.05, 3.63) is 95.1 Å². The summed E-state index contributed by atoms with van der Waals surface area (Å²) in [5, 5.41) is 8.76. The minimum atomic E-state index is -1.19. The molecule has 0 bridgehead atoms. The Morgan fingerprint density at radius 1 is 0.786 bits per heavy atom. The lowest BCUT2D eigenvalue weighted by Gasteiger charge is -2.29. The standard InChI is InChI=1S/C23H19NO4/c25-21(11-12-22(26)27)24-15-19(13-17-7-3-1-4-8-17)23(28)20(16-24)14-18-9-5-2-6-10-18/h1-14H,15-16H2,(H,26,27)/b12-11+,19-13+,20-14+. The van der Waals surface area contributed by atoms with E-state index >= 15 is 0 Å². The second-order valence-corrected chi connectivity index (χ2v) is 6.36. The maximum Gasteiger partial charge on any atom is 0.328 e. The topological polar surface area (TPSA) is 74.7 Å². The number of nitrogens with zero attached hydrogens (tertiary/aromatic N) is 1. The predicted octanol–water partition coefficient (Wildman–Crippen LogP) is 3.21. The number of ketones is 1. The van der Waals surface area contributed by atoms with Gasteiger partial charge in [0.05, 0.1) is 13.1 Å². The van der Waals surface area contributed by atoms with Crippen molar-refractivity contribution in [3.8, 4) is 0 Å². The van der Waals surface area contributed by atoms with Gasteiger partial charge in [0.2, 0.25) is 5.91 Å². The first-order chi connectivity index (χ1) is 13.5. The fourth-order valence-electron chi connectivity index (χ4n) is 2.94. The Morgan fingerprint density at radius 2 is 1.25 bits per heavy atom. The molecule has 0 aromatic heterocycles. The molecule has 140 valence electrons. The molecule has 1 fully saturated rings. The summed E-state index contributed by atoms with van der Waals surface area (Å²) >= 11 is 0. The summed E-state index contributed by atoms with van der Waals surface area (Å²) in [6, 6.07) is 18.8. The third-order valence-electron chi connectivity index (χ3n) is 4.27. The molecule has 0 radical (unpaired) electrons. The van der Waals surface area contributed by atoms with E-state index in [1.54, 1.807) is 12.2 Å². The Kier molecular flexibility index (Phi) is 5.97. The maximum absolute atomic E-state index is 13.0. The Labute approximate surface area is 162 Å². The lowest BCUT2D eigenvalue weighted by Crippen LogP contribution is -2.40. The molecule has 2 aromatic rings. The zero-order chi connectivity index (χ0) is 19.9. The van der Waals surface area contributed by atoms with Crippen molar-refractivity contribution in [2.45, 2.75) is 0 Å². The molecule has 3 rings (SSSR count). The van der Waals surface area contributed by atoms with Gasteiger partial charge in [0.1, 0.15) is 0 Å². The fourth-order valence-corrected chi connectivity index (χ4v) is 2.94. The van der Waals surface area contributed by atoms with E-state index < -0.39 is 11.9 Å². The summed E-state index contributed by atoms with van der Waals surface area (Å²) < 4.78 is 0. The predicted molar refractivity (Wildman–Crippen MR) is 107 cm³/mol. The number of hydrogen-bond acceptors (Lipinski definition) is 3. The summed E-state index contributed by atoms with van der Waals surface area (Å²) in [4.78, 5) is 37.6. The van der Waals surface area contributed by atoms with Crippen molar-refractivity contribution >= 4 is 29.8 Å². The molecular formula is C23H19NO4.